The van der Waals surface area contributed by atoms with Crippen LogP contribution >= 0.6 is 0 Å². The van der Waals surface area contributed by atoms with E-state index < -0.39 is 0 Å². The maximum atomic E-state index is 12.9. The third-order valence-corrected chi connectivity index (χ3v) is 4.50. The van der Waals surface area contributed by atoms with Gasteiger partial charge in [0.05, 0.1) is 18.2 Å². The van der Waals surface area contributed by atoms with Crippen molar-refractivity contribution in [1.82, 2.24) is 14.7 Å². The van der Waals surface area contributed by atoms with Crippen molar-refractivity contribution < 1.29 is 14.3 Å². The molecule has 1 aliphatic rings. The summed E-state index contributed by atoms with van der Waals surface area (Å²) in [6.07, 6.45) is 2.26. The van der Waals surface area contributed by atoms with Crippen molar-refractivity contribution >= 4 is 11.9 Å². The van der Waals surface area contributed by atoms with Crippen molar-refractivity contribution in [3.05, 3.63) is 17.5 Å². The van der Waals surface area contributed by atoms with Gasteiger partial charge in [-0.2, -0.15) is 5.10 Å². The van der Waals surface area contributed by atoms with Crippen LogP contribution in [0.2, 0.25) is 0 Å². The monoisotopic (exact) mass is 335 g/mol. The summed E-state index contributed by atoms with van der Waals surface area (Å²) in [6.45, 7) is 9.73. The molecule has 1 aromatic heterocycles. The highest BCUT2D eigenvalue weighted by Gasteiger charge is 2.29. The Balaban J connectivity index is 2.08. The molecule has 0 radical (unpaired) electrons. The molecular formula is C18H29N3O3. The van der Waals surface area contributed by atoms with Crippen molar-refractivity contribution in [3.63, 3.8) is 0 Å². The number of likely N-dealkylation sites (tertiary alicyclic amines) is 1. The molecule has 1 unspecified atom stereocenters. The summed E-state index contributed by atoms with van der Waals surface area (Å²) in [5.41, 5.74) is 1.42. The molecule has 6 heteroatoms. The molecule has 6 nitrogen and oxygen atoms in total. The third kappa shape index (κ3) is 4.16. The fourth-order valence-electron chi connectivity index (χ4n) is 2.99. The van der Waals surface area contributed by atoms with Crippen molar-refractivity contribution in [3.8, 4) is 0 Å². The molecule has 1 amide bonds. The first kappa shape index (κ1) is 18.5. The molecule has 1 aromatic rings. The number of hydrogen-bond donors (Lipinski definition) is 0. The van der Waals surface area contributed by atoms with Crippen molar-refractivity contribution in [2.75, 3.05) is 19.7 Å². The Labute approximate surface area is 144 Å². The van der Waals surface area contributed by atoms with E-state index >= 15 is 0 Å². The number of carbonyl (C=O) groups is 2. The normalized spacial score (nSPS) is 19.0. The lowest BCUT2D eigenvalue weighted by molar-refractivity contribution is -0.148. The van der Waals surface area contributed by atoms with E-state index in [1.165, 1.54) is 0 Å². The Morgan fingerprint density at radius 2 is 2.00 bits per heavy atom. The molecule has 1 aliphatic heterocycles. The molecule has 0 bridgehead atoms. The van der Waals surface area contributed by atoms with E-state index in [0.29, 0.717) is 31.8 Å². The zero-order valence-corrected chi connectivity index (χ0v) is 15.5. The SMILES string of the molecule is CCOC(=O)C1CCCN(C(=O)c2cc(C(C)(C)C)nn2C)CC1. The first-order valence-corrected chi connectivity index (χ1v) is 8.74. The lowest BCUT2D eigenvalue weighted by Crippen LogP contribution is -2.33. The van der Waals surface area contributed by atoms with Gasteiger partial charge in [0, 0.05) is 25.6 Å². The van der Waals surface area contributed by atoms with E-state index in [2.05, 4.69) is 25.9 Å². The molecular weight excluding hydrogens is 306 g/mol. The van der Waals surface area contributed by atoms with E-state index in [-0.39, 0.29) is 23.2 Å². The molecule has 1 saturated heterocycles. The number of ether oxygens (including phenoxy) is 1. The maximum Gasteiger partial charge on any atom is 0.308 e. The highest BCUT2D eigenvalue weighted by Crippen LogP contribution is 2.24. The van der Waals surface area contributed by atoms with Gasteiger partial charge in [-0.3, -0.25) is 14.3 Å². The van der Waals surface area contributed by atoms with Gasteiger partial charge in [-0.15, -0.1) is 0 Å². The molecule has 0 saturated carbocycles. The summed E-state index contributed by atoms with van der Waals surface area (Å²) in [7, 11) is 1.81. The maximum absolute atomic E-state index is 12.9. The van der Waals surface area contributed by atoms with Crippen LogP contribution in [0.25, 0.3) is 0 Å². The topological polar surface area (TPSA) is 64.4 Å². The molecule has 134 valence electrons. The summed E-state index contributed by atoms with van der Waals surface area (Å²) >= 11 is 0. The van der Waals surface area contributed by atoms with Crippen LogP contribution in [0.1, 0.15) is 63.1 Å². The van der Waals surface area contributed by atoms with Crippen LogP contribution in [0.4, 0.5) is 0 Å². The second kappa shape index (κ2) is 7.36. The molecule has 2 heterocycles. The molecule has 0 aliphatic carbocycles. The van der Waals surface area contributed by atoms with Crippen LogP contribution in [0, 0.1) is 5.92 Å². The van der Waals surface area contributed by atoms with Gasteiger partial charge in [0.1, 0.15) is 5.69 Å². The summed E-state index contributed by atoms with van der Waals surface area (Å²) in [6, 6.07) is 1.88. The lowest BCUT2D eigenvalue weighted by atomic mass is 9.92. The fourth-order valence-corrected chi connectivity index (χ4v) is 2.99. The number of nitrogens with zero attached hydrogens (tertiary/aromatic N) is 3. The molecule has 24 heavy (non-hydrogen) atoms. The Bertz CT molecular complexity index is 601. The molecule has 0 aromatic carbocycles. The molecule has 2 rings (SSSR count). The highest BCUT2D eigenvalue weighted by molar-refractivity contribution is 5.92. The van der Waals surface area contributed by atoms with Gasteiger partial charge in [-0.25, -0.2) is 0 Å². The minimum Gasteiger partial charge on any atom is -0.466 e. The van der Waals surface area contributed by atoms with E-state index in [4.69, 9.17) is 4.74 Å². The smallest absolute Gasteiger partial charge is 0.308 e. The first-order valence-electron chi connectivity index (χ1n) is 8.74. The largest absolute Gasteiger partial charge is 0.466 e. The number of carbonyl (C=O) groups excluding carboxylic acids is 2. The van der Waals surface area contributed by atoms with Crippen LogP contribution in [-0.4, -0.2) is 46.3 Å². The van der Waals surface area contributed by atoms with Gasteiger partial charge < -0.3 is 9.64 Å². The van der Waals surface area contributed by atoms with Gasteiger partial charge in [-0.1, -0.05) is 20.8 Å². The quantitative estimate of drug-likeness (QED) is 0.796. The summed E-state index contributed by atoms with van der Waals surface area (Å²) in [5, 5.41) is 4.48. The zero-order valence-electron chi connectivity index (χ0n) is 15.5. The summed E-state index contributed by atoms with van der Waals surface area (Å²) < 4.78 is 6.78. The number of esters is 1. The van der Waals surface area contributed by atoms with E-state index in [9.17, 15) is 9.59 Å². The van der Waals surface area contributed by atoms with Crippen molar-refractivity contribution in [2.45, 2.75) is 52.4 Å². The fraction of sp³-hybridized carbons (Fsp3) is 0.722. The van der Waals surface area contributed by atoms with Crippen molar-refractivity contribution in [1.29, 1.82) is 0 Å². The average molecular weight is 335 g/mol. The van der Waals surface area contributed by atoms with Crippen LogP contribution in [-0.2, 0) is 22.0 Å². The van der Waals surface area contributed by atoms with Crippen LogP contribution in [0.3, 0.4) is 0 Å². The van der Waals surface area contributed by atoms with E-state index in [1.807, 2.05) is 24.9 Å². The Morgan fingerprint density at radius 1 is 1.29 bits per heavy atom. The van der Waals surface area contributed by atoms with E-state index in [0.717, 1.165) is 18.5 Å². The molecule has 0 N–H and O–H groups in total. The predicted molar refractivity (Wildman–Crippen MR) is 91.8 cm³/mol. The highest BCUT2D eigenvalue weighted by atomic mass is 16.5. The average Bonchev–Trinajstić information content (AvgIpc) is 2.74. The van der Waals surface area contributed by atoms with Crippen molar-refractivity contribution in [2.24, 2.45) is 13.0 Å². The van der Waals surface area contributed by atoms with Gasteiger partial charge in [-0.05, 0) is 32.3 Å². The summed E-state index contributed by atoms with van der Waals surface area (Å²) in [4.78, 5) is 26.6. The number of amides is 1. The Morgan fingerprint density at radius 3 is 2.58 bits per heavy atom. The van der Waals surface area contributed by atoms with Gasteiger partial charge >= 0.3 is 5.97 Å². The van der Waals surface area contributed by atoms with Crippen LogP contribution in [0.15, 0.2) is 6.07 Å². The van der Waals surface area contributed by atoms with Gasteiger partial charge in [0.2, 0.25) is 0 Å². The summed E-state index contributed by atoms with van der Waals surface area (Å²) in [5.74, 6) is -0.244. The van der Waals surface area contributed by atoms with Crippen LogP contribution in [0.5, 0.6) is 0 Å². The minimum atomic E-state index is -0.137. The third-order valence-electron chi connectivity index (χ3n) is 4.50. The van der Waals surface area contributed by atoms with Gasteiger partial charge in [0.15, 0.2) is 0 Å². The number of hydrogen-bond acceptors (Lipinski definition) is 4. The minimum absolute atomic E-state index is 0.00925. The molecule has 1 atom stereocenters. The molecule has 0 spiro atoms. The Hall–Kier alpha value is -1.85. The number of aryl methyl sites for hydroxylation is 1. The number of rotatable bonds is 3. The second-order valence-corrected chi connectivity index (χ2v) is 7.46. The lowest BCUT2D eigenvalue weighted by Gasteiger charge is -2.20. The molecule has 1 fully saturated rings. The zero-order chi connectivity index (χ0) is 17.9. The van der Waals surface area contributed by atoms with Gasteiger partial charge in [0.25, 0.3) is 5.91 Å². The van der Waals surface area contributed by atoms with Crippen LogP contribution < -0.4 is 0 Å². The number of aromatic nitrogens is 2. The standard InChI is InChI=1S/C18H29N3O3/c1-6-24-17(23)13-8-7-10-21(11-9-13)16(22)14-12-15(18(2,3)4)19-20(14)5/h12-13H,6-11H2,1-5H3. The second-order valence-electron chi connectivity index (χ2n) is 7.46. The van der Waals surface area contributed by atoms with E-state index in [1.54, 1.807) is 4.68 Å². The Kier molecular flexibility index (Phi) is 5.67. The first-order chi connectivity index (χ1) is 11.2. The predicted octanol–water partition coefficient (Wildman–Crippen LogP) is 2.52.